The van der Waals surface area contributed by atoms with Crippen molar-refractivity contribution >= 4 is 60.3 Å². The molecule has 0 atom stereocenters. The van der Waals surface area contributed by atoms with Crippen molar-refractivity contribution < 1.29 is 41.1 Å². The highest BCUT2D eigenvalue weighted by Gasteiger charge is 2.44. The van der Waals surface area contributed by atoms with Gasteiger partial charge in [-0.05, 0) is 31.9 Å². The van der Waals surface area contributed by atoms with Crippen molar-refractivity contribution in [1.29, 1.82) is 0 Å². The van der Waals surface area contributed by atoms with Gasteiger partial charge in [0, 0.05) is 16.6 Å². The summed E-state index contributed by atoms with van der Waals surface area (Å²) in [5, 5.41) is 35.0. The van der Waals surface area contributed by atoms with Crippen molar-refractivity contribution in [2.75, 3.05) is 5.32 Å². The van der Waals surface area contributed by atoms with E-state index in [1.54, 1.807) is 0 Å². The number of nitrogens with zero attached hydrogens (tertiary/aromatic N) is 3. The third kappa shape index (κ3) is 4.90. The molecule has 0 fully saturated rings. The number of nitro benzene ring substituents is 3. The Labute approximate surface area is 187 Å². The van der Waals surface area contributed by atoms with Crippen LogP contribution in [0.2, 0.25) is 0 Å². The molecule has 2 aromatic rings. The first-order chi connectivity index (χ1) is 14.5. The van der Waals surface area contributed by atoms with Crippen LogP contribution in [-0.2, 0) is 12.4 Å². The molecule has 0 aliphatic heterocycles. The van der Waals surface area contributed by atoms with Crippen LogP contribution < -0.4 is 5.32 Å². The largest absolute Gasteiger partial charge is 0.424 e. The molecule has 0 bridgehead atoms. The van der Waals surface area contributed by atoms with Crippen molar-refractivity contribution in [3.63, 3.8) is 0 Å². The van der Waals surface area contributed by atoms with Crippen LogP contribution >= 0.6 is 31.9 Å². The van der Waals surface area contributed by atoms with Gasteiger partial charge in [-0.3, -0.25) is 30.3 Å². The summed E-state index contributed by atoms with van der Waals surface area (Å²) in [6.45, 7) is 0. The zero-order valence-electron chi connectivity index (χ0n) is 14.5. The average molecular weight is 598 g/mol. The Hall–Kier alpha value is -3.02. The second-order valence-electron chi connectivity index (χ2n) is 5.72. The number of rotatable bonds is 5. The number of nitrogens with one attached hydrogen (secondary N) is 1. The molecule has 0 saturated carbocycles. The zero-order chi connectivity index (χ0) is 24.8. The summed E-state index contributed by atoms with van der Waals surface area (Å²) in [6, 6.07) is 0.461. The van der Waals surface area contributed by atoms with Crippen molar-refractivity contribution in [3.05, 3.63) is 68.6 Å². The van der Waals surface area contributed by atoms with Gasteiger partial charge in [0.1, 0.15) is 11.3 Å². The molecule has 0 aromatic heterocycles. The second kappa shape index (κ2) is 8.49. The Morgan fingerprint density at radius 1 is 0.750 bits per heavy atom. The van der Waals surface area contributed by atoms with Gasteiger partial charge in [0.15, 0.2) is 0 Å². The van der Waals surface area contributed by atoms with Gasteiger partial charge in [-0.15, -0.1) is 0 Å². The topological polar surface area (TPSA) is 141 Å². The van der Waals surface area contributed by atoms with E-state index in [1.807, 2.05) is 5.32 Å². The van der Waals surface area contributed by atoms with Gasteiger partial charge in [-0.25, -0.2) is 0 Å². The van der Waals surface area contributed by atoms with Gasteiger partial charge in [0.2, 0.25) is 0 Å². The first kappa shape index (κ1) is 25.2. The Morgan fingerprint density at radius 3 is 1.69 bits per heavy atom. The number of benzene rings is 2. The van der Waals surface area contributed by atoms with E-state index in [1.165, 1.54) is 0 Å². The van der Waals surface area contributed by atoms with Crippen LogP contribution in [-0.4, -0.2) is 14.8 Å². The number of hydrogen-bond donors (Lipinski definition) is 1. The lowest BCUT2D eigenvalue weighted by molar-refractivity contribution is -0.394. The van der Waals surface area contributed by atoms with Gasteiger partial charge in [0.05, 0.1) is 36.6 Å². The molecule has 1 N–H and O–H groups in total. The van der Waals surface area contributed by atoms with Crippen LogP contribution in [0, 0.1) is 30.3 Å². The summed E-state index contributed by atoms with van der Waals surface area (Å²) >= 11 is 5.12. The van der Waals surface area contributed by atoms with E-state index in [0.717, 1.165) is 0 Å². The fourth-order valence-corrected chi connectivity index (χ4v) is 4.00. The van der Waals surface area contributed by atoms with Gasteiger partial charge in [0.25, 0.3) is 17.1 Å². The lowest BCUT2D eigenvalue weighted by Crippen LogP contribution is -2.14. The maximum atomic E-state index is 13.5. The van der Waals surface area contributed by atoms with Crippen molar-refractivity contribution in [1.82, 2.24) is 0 Å². The molecule has 0 spiro atoms. The highest BCUT2D eigenvalue weighted by atomic mass is 79.9. The molecule has 2 aromatic carbocycles. The first-order valence-electron chi connectivity index (χ1n) is 7.51. The summed E-state index contributed by atoms with van der Waals surface area (Å²) in [6.07, 6.45) is -10.8. The molecule has 172 valence electrons. The minimum atomic E-state index is -5.41. The molecular weight excluding hydrogens is 594 g/mol. The van der Waals surface area contributed by atoms with E-state index in [2.05, 4.69) is 31.9 Å². The minimum Gasteiger partial charge on any atom is -0.348 e. The zero-order valence-corrected chi connectivity index (χ0v) is 17.7. The van der Waals surface area contributed by atoms with E-state index in [4.69, 9.17) is 0 Å². The lowest BCUT2D eigenvalue weighted by atomic mass is 10.1. The van der Waals surface area contributed by atoms with Gasteiger partial charge in [-0.1, -0.05) is 0 Å². The van der Waals surface area contributed by atoms with Crippen molar-refractivity contribution in [2.24, 2.45) is 0 Å². The van der Waals surface area contributed by atoms with E-state index < -0.39 is 75.6 Å². The van der Waals surface area contributed by atoms with E-state index in [9.17, 15) is 56.7 Å². The van der Waals surface area contributed by atoms with Crippen LogP contribution in [0.25, 0.3) is 0 Å². The fourth-order valence-electron chi connectivity index (χ4n) is 2.48. The predicted molar refractivity (Wildman–Crippen MR) is 102 cm³/mol. The number of non-ortho nitro benzene ring substituents is 1. The van der Waals surface area contributed by atoms with Gasteiger partial charge >= 0.3 is 12.4 Å². The van der Waals surface area contributed by atoms with Crippen LogP contribution in [0.1, 0.15) is 11.1 Å². The molecule has 0 aliphatic rings. The maximum Gasteiger partial charge on any atom is 0.424 e. The fraction of sp³-hybridized carbons (Fsp3) is 0.143. The Bertz CT molecular complexity index is 1150. The SMILES string of the molecule is O=[N+]([O-])c1cc([N+](=O)[O-])c(Nc2c(Br)cc([N+](=O)[O-])c(C(F)(F)F)c2Br)c(C(F)(F)F)c1. The highest BCUT2D eigenvalue weighted by molar-refractivity contribution is 9.11. The maximum absolute atomic E-state index is 13.5. The average Bonchev–Trinajstić information content (AvgIpc) is 2.61. The molecule has 0 saturated heterocycles. The number of halogens is 8. The molecule has 0 amide bonds. The molecule has 10 nitrogen and oxygen atoms in total. The molecule has 18 heteroatoms. The lowest BCUT2D eigenvalue weighted by Gasteiger charge is -2.19. The van der Waals surface area contributed by atoms with E-state index in [0.29, 0.717) is 6.07 Å². The number of nitro groups is 3. The predicted octanol–water partition coefficient (Wildman–Crippen LogP) is 6.72. The number of hydrogen-bond acceptors (Lipinski definition) is 7. The molecule has 0 aliphatic carbocycles. The molecule has 2 rings (SSSR count). The standard InChI is InChI=1S/C14H4Br2F6N4O6/c15-6-3-7(25(29)30)9(14(20,21)22)10(16)12(6)23-11-5(13(17,18)19)1-4(24(27)28)2-8(11)26(31)32/h1-3,23H. The summed E-state index contributed by atoms with van der Waals surface area (Å²) in [5.74, 6) is 0. The Balaban J connectivity index is 2.92. The van der Waals surface area contributed by atoms with Crippen molar-refractivity contribution in [2.45, 2.75) is 12.4 Å². The minimum absolute atomic E-state index is 0.0484. The van der Waals surface area contributed by atoms with E-state index >= 15 is 0 Å². The third-order valence-electron chi connectivity index (χ3n) is 3.74. The van der Waals surface area contributed by atoms with Crippen LogP contribution in [0.15, 0.2) is 27.1 Å². The van der Waals surface area contributed by atoms with Gasteiger partial charge in [-0.2, -0.15) is 26.3 Å². The third-order valence-corrected chi connectivity index (χ3v) is 5.16. The summed E-state index contributed by atoms with van der Waals surface area (Å²) < 4.78 is 79.0. The molecule has 32 heavy (non-hydrogen) atoms. The first-order valence-corrected chi connectivity index (χ1v) is 9.10. The molecule has 0 radical (unpaired) electrons. The smallest absolute Gasteiger partial charge is 0.348 e. The molecular formula is C14H4Br2F6N4O6. The molecule has 0 heterocycles. The van der Waals surface area contributed by atoms with Crippen LogP contribution in [0.5, 0.6) is 0 Å². The Kier molecular flexibility index (Phi) is 6.70. The van der Waals surface area contributed by atoms with Crippen LogP contribution in [0.3, 0.4) is 0 Å². The summed E-state index contributed by atoms with van der Waals surface area (Å²) in [5.41, 5.74) is -10.3. The summed E-state index contributed by atoms with van der Waals surface area (Å²) in [4.78, 5) is 29.0. The summed E-state index contributed by atoms with van der Waals surface area (Å²) in [7, 11) is 0. The highest BCUT2D eigenvalue weighted by Crippen LogP contribution is 2.50. The number of alkyl halides is 6. The normalized spacial score (nSPS) is 11.9. The van der Waals surface area contributed by atoms with E-state index in [-0.39, 0.29) is 12.1 Å². The quantitative estimate of drug-likeness (QED) is 0.229. The molecule has 0 unspecified atom stereocenters. The number of anilines is 2. The van der Waals surface area contributed by atoms with Crippen molar-refractivity contribution in [3.8, 4) is 0 Å². The van der Waals surface area contributed by atoms with Crippen LogP contribution in [0.4, 0.5) is 54.8 Å². The second-order valence-corrected chi connectivity index (χ2v) is 7.37. The van der Waals surface area contributed by atoms with Gasteiger partial charge < -0.3 is 5.32 Å². The monoisotopic (exact) mass is 596 g/mol. The Morgan fingerprint density at radius 2 is 1.28 bits per heavy atom.